The van der Waals surface area contributed by atoms with Crippen LogP contribution >= 0.6 is 0 Å². The highest BCUT2D eigenvalue weighted by Crippen LogP contribution is 2.29. The van der Waals surface area contributed by atoms with Crippen molar-refractivity contribution in [3.63, 3.8) is 0 Å². The maximum Gasteiger partial charge on any atom is 0.304 e. The summed E-state index contributed by atoms with van der Waals surface area (Å²) in [4.78, 5) is 10.1. The molecule has 1 aliphatic heterocycles. The van der Waals surface area contributed by atoms with Crippen molar-refractivity contribution in [2.24, 2.45) is 10.2 Å². The monoisotopic (exact) mass is 171 g/mol. The van der Waals surface area contributed by atoms with E-state index in [0.29, 0.717) is 6.54 Å². The van der Waals surface area contributed by atoms with Gasteiger partial charge in [0.1, 0.15) is 0 Å². The summed E-state index contributed by atoms with van der Waals surface area (Å²) >= 11 is 0. The molecular formula is C7H13N3O2. The topological polar surface area (TPSA) is 74.0 Å². The minimum atomic E-state index is -0.769. The highest BCUT2D eigenvalue weighted by atomic mass is 16.4. The number of hydrogen-bond acceptors (Lipinski definition) is 4. The molecule has 0 aromatic rings. The Hall–Kier alpha value is -0.970. The molecule has 5 nitrogen and oxygen atoms in total. The summed E-state index contributed by atoms with van der Waals surface area (Å²) in [6.07, 6.45) is 1.03. The zero-order chi connectivity index (χ0) is 9.03. The number of hydrogen-bond donors (Lipinski definition) is 2. The molecule has 0 unspecified atom stereocenters. The molecule has 68 valence electrons. The Kier molecular flexibility index (Phi) is 2.75. The van der Waals surface area contributed by atoms with Crippen molar-refractivity contribution < 1.29 is 9.90 Å². The molecule has 0 saturated carbocycles. The number of aliphatic carboxylic acids is 1. The zero-order valence-electron chi connectivity index (χ0n) is 7.08. The molecule has 0 atom stereocenters. The highest BCUT2D eigenvalue weighted by molar-refractivity contribution is 5.66. The minimum absolute atomic E-state index is 0.170. The fraction of sp³-hybridized carbons (Fsp3) is 0.857. The van der Waals surface area contributed by atoms with E-state index in [0.717, 1.165) is 13.0 Å². The average Bonchev–Trinajstić information content (AvgIpc) is 2.67. The summed E-state index contributed by atoms with van der Waals surface area (Å²) < 4.78 is 0. The van der Waals surface area contributed by atoms with E-state index in [1.807, 2.05) is 6.92 Å². The Morgan fingerprint density at radius 2 is 2.17 bits per heavy atom. The molecule has 12 heavy (non-hydrogen) atoms. The highest BCUT2D eigenvalue weighted by Gasteiger charge is 2.32. The predicted molar refractivity (Wildman–Crippen MR) is 43.0 cm³/mol. The quantitative estimate of drug-likeness (QED) is 0.575. The van der Waals surface area contributed by atoms with Crippen LogP contribution in [0.5, 0.6) is 0 Å². The number of carboxylic acid groups (broad SMARTS) is 1. The fourth-order valence-corrected chi connectivity index (χ4v) is 0.831. The molecular weight excluding hydrogens is 158 g/mol. The Bertz CT molecular complexity index is 197. The van der Waals surface area contributed by atoms with Gasteiger partial charge in [-0.15, -0.1) is 0 Å². The van der Waals surface area contributed by atoms with Crippen molar-refractivity contribution in [3.05, 3.63) is 0 Å². The van der Waals surface area contributed by atoms with E-state index >= 15 is 0 Å². The van der Waals surface area contributed by atoms with Crippen LogP contribution in [-0.4, -0.2) is 29.8 Å². The number of carbonyl (C=O) groups is 1. The Balaban J connectivity index is 1.86. The van der Waals surface area contributed by atoms with Gasteiger partial charge in [-0.3, -0.25) is 4.79 Å². The third-order valence-electron chi connectivity index (χ3n) is 1.73. The smallest absolute Gasteiger partial charge is 0.304 e. The maximum atomic E-state index is 10.1. The van der Waals surface area contributed by atoms with Crippen LogP contribution in [0.15, 0.2) is 10.2 Å². The molecule has 0 radical (unpaired) electrons. The minimum Gasteiger partial charge on any atom is -0.481 e. The number of nitrogens with zero attached hydrogens (tertiary/aromatic N) is 2. The van der Waals surface area contributed by atoms with Gasteiger partial charge in [0.15, 0.2) is 5.66 Å². The second-order valence-electron chi connectivity index (χ2n) is 3.06. The van der Waals surface area contributed by atoms with Crippen molar-refractivity contribution >= 4 is 5.97 Å². The number of carboxylic acids is 1. The van der Waals surface area contributed by atoms with Crippen LogP contribution in [0, 0.1) is 0 Å². The van der Waals surface area contributed by atoms with Crippen LogP contribution in [0.3, 0.4) is 0 Å². The van der Waals surface area contributed by atoms with Gasteiger partial charge in [-0.25, -0.2) is 0 Å². The molecule has 0 fully saturated rings. The maximum absolute atomic E-state index is 10.1. The lowest BCUT2D eigenvalue weighted by Crippen LogP contribution is -2.23. The van der Waals surface area contributed by atoms with Crippen LogP contribution < -0.4 is 5.32 Å². The van der Waals surface area contributed by atoms with Crippen LogP contribution in [0.2, 0.25) is 0 Å². The van der Waals surface area contributed by atoms with Gasteiger partial charge < -0.3 is 10.4 Å². The molecule has 0 saturated heterocycles. The van der Waals surface area contributed by atoms with Gasteiger partial charge in [0.2, 0.25) is 0 Å². The van der Waals surface area contributed by atoms with Crippen molar-refractivity contribution in [2.75, 3.05) is 13.1 Å². The number of rotatable bonds is 6. The summed E-state index contributed by atoms with van der Waals surface area (Å²) in [5.74, 6) is -0.769. The van der Waals surface area contributed by atoms with E-state index in [1.54, 1.807) is 0 Å². The molecule has 1 heterocycles. The second kappa shape index (κ2) is 3.62. The van der Waals surface area contributed by atoms with Crippen molar-refractivity contribution in [1.82, 2.24) is 5.32 Å². The van der Waals surface area contributed by atoms with E-state index in [2.05, 4.69) is 15.5 Å². The van der Waals surface area contributed by atoms with Crippen LogP contribution in [0.1, 0.15) is 19.8 Å². The normalized spacial score (nSPS) is 17.8. The SMILES string of the molecule is CC1(CCNCCC(=O)O)N=N1. The van der Waals surface area contributed by atoms with Crippen LogP contribution in [-0.2, 0) is 4.79 Å². The first-order chi connectivity index (χ1) is 5.62. The van der Waals surface area contributed by atoms with Crippen LogP contribution in [0.4, 0.5) is 0 Å². The third kappa shape index (κ3) is 3.43. The van der Waals surface area contributed by atoms with E-state index in [1.165, 1.54) is 0 Å². The predicted octanol–water partition coefficient (Wildman–Crippen LogP) is 0.623. The summed E-state index contributed by atoms with van der Waals surface area (Å²) in [5.41, 5.74) is -0.170. The zero-order valence-corrected chi connectivity index (χ0v) is 7.08. The molecule has 0 bridgehead atoms. The van der Waals surface area contributed by atoms with Gasteiger partial charge in [-0.05, 0) is 13.5 Å². The second-order valence-corrected chi connectivity index (χ2v) is 3.06. The Morgan fingerprint density at radius 1 is 1.50 bits per heavy atom. The standard InChI is InChI=1S/C7H13N3O2/c1-7(9-10-7)3-5-8-4-2-6(11)12/h8H,2-5H2,1H3,(H,11,12). The molecule has 0 spiro atoms. The first kappa shape index (κ1) is 9.12. The first-order valence-corrected chi connectivity index (χ1v) is 3.99. The van der Waals surface area contributed by atoms with Crippen molar-refractivity contribution in [3.8, 4) is 0 Å². The first-order valence-electron chi connectivity index (χ1n) is 3.99. The largest absolute Gasteiger partial charge is 0.481 e. The fourth-order valence-electron chi connectivity index (χ4n) is 0.831. The molecule has 1 rings (SSSR count). The van der Waals surface area contributed by atoms with Crippen molar-refractivity contribution in [1.29, 1.82) is 0 Å². The summed E-state index contributed by atoms with van der Waals surface area (Å²) in [5, 5.41) is 19.0. The van der Waals surface area contributed by atoms with Gasteiger partial charge >= 0.3 is 5.97 Å². The van der Waals surface area contributed by atoms with Crippen molar-refractivity contribution in [2.45, 2.75) is 25.4 Å². The molecule has 0 aliphatic carbocycles. The molecule has 0 aromatic carbocycles. The van der Waals surface area contributed by atoms with Gasteiger partial charge in [-0.1, -0.05) is 0 Å². The lowest BCUT2D eigenvalue weighted by Gasteiger charge is -2.04. The molecule has 2 N–H and O–H groups in total. The lowest BCUT2D eigenvalue weighted by atomic mass is 10.2. The molecule has 0 aromatic heterocycles. The van der Waals surface area contributed by atoms with E-state index < -0.39 is 5.97 Å². The third-order valence-corrected chi connectivity index (χ3v) is 1.73. The van der Waals surface area contributed by atoms with E-state index in [9.17, 15) is 4.79 Å². The molecule has 0 amide bonds. The average molecular weight is 171 g/mol. The lowest BCUT2D eigenvalue weighted by molar-refractivity contribution is -0.136. The summed E-state index contributed by atoms with van der Waals surface area (Å²) in [7, 11) is 0. The Labute approximate surface area is 70.9 Å². The molecule has 1 aliphatic rings. The van der Waals surface area contributed by atoms with Gasteiger partial charge in [0, 0.05) is 13.0 Å². The van der Waals surface area contributed by atoms with Crippen LogP contribution in [0.25, 0.3) is 0 Å². The molecule has 5 heteroatoms. The van der Waals surface area contributed by atoms with Gasteiger partial charge in [-0.2, -0.15) is 10.2 Å². The van der Waals surface area contributed by atoms with E-state index in [4.69, 9.17) is 5.11 Å². The summed E-state index contributed by atoms with van der Waals surface area (Å²) in [6.45, 7) is 3.24. The number of nitrogens with one attached hydrogen (secondary N) is 1. The van der Waals surface area contributed by atoms with E-state index in [-0.39, 0.29) is 12.1 Å². The Morgan fingerprint density at radius 3 is 2.67 bits per heavy atom. The van der Waals surface area contributed by atoms with Gasteiger partial charge in [0.05, 0.1) is 6.42 Å². The van der Waals surface area contributed by atoms with Gasteiger partial charge in [0.25, 0.3) is 0 Å². The summed E-state index contributed by atoms with van der Waals surface area (Å²) in [6, 6.07) is 0.